The van der Waals surface area contributed by atoms with Crippen LogP contribution in [0.4, 0.5) is 0 Å². The van der Waals surface area contributed by atoms with E-state index >= 15 is 0 Å². The van der Waals surface area contributed by atoms with Crippen LogP contribution < -0.4 is 5.32 Å². The van der Waals surface area contributed by atoms with Gasteiger partial charge in [-0.25, -0.2) is 0 Å². The van der Waals surface area contributed by atoms with E-state index in [4.69, 9.17) is 5.11 Å². The van der Waals surface area contributed by atoms with Gasteiger partial charge in [0.1, 0.15) is 0 Å². The summed E-state index contributed by atoms with van der Waals surface area (Å²) in [5.74, 6) is -0.418. The average molecular weight is 284 g/mol. The van der Waals surface area contributed by atoms with Gasteiger partial charge in [0.05, 0.1) is 13.1 Å². The molecule has 5 nitrogen and oxygen atoms in total. The van der Waals surface area contributed by atoms with Crippen molar-refractivity contribution in [3.05, 3.63) is 0 Å². The third kappa shape index (κ3) is 5.49. The maximum absolute atomic E-state index is 12.1. The molecule has 1 aliphatic rings. The number of rotatable bonds is 7. The van der Waals surface area contributed by atoms with Crippen LogP contribution in [0.1, 0.15) is 52.9 Å². The summed E-state index contributed by atoms with van der Waals surface area (Å²) in [6.45, 7) is 6.22. The Kier molecular flexibility index (Phi) is 6.99. The summed E-state index contributed by atoms with van der Waals surface area (Å²) in [5.41, 5.74) is 0. The van der Waals surface area contributed by atoms with Gasteiger partial charge in [-0.15, -0.1) is 0 Å². The minimum atomic E-state index is -0.885. The molecule has 3 atom stereocenters. The second-order valence-electron chi connectivity index (χ2n) is 5.99. The highest BCUT2D eigenvalue weighted by molar-refractivity contribution is 5.79. The first-order chi connectivity index (χ1) is 9.43. The van der Waals surface area contributed by atoms with Gasteiger partial charge in [0.15, 0.2) is 0 Å². The molecule has 1 fully saturated rings. The van der Waals surface area contributed by atoms with Crippen molar-refractivity contribution in [2.75, 3.05) is 13.1 Å². The summed E-state index contributed by atoms with van der Waals surface area (Å²) >= 11 is 0. The van der Waals surface area contributed by atoms with Crippen LogP contribution in [0, 0.1) is 5.92 Å². The Balaban J connectivity index is 2.50. The number of aliphatic carboxylic acids is 1. The first-order valence-electron chi connectivity index (χ1n) is 7.69. The molecular weight excluding hydrogens is 256 g/mol. The van der Waals surface area contributed by atoms with Gasteiger partial charge < -0.3 is 10.4 Å². The zero-order valence-electron chi connectivity index (χ0n) is 12.9. The summed E-state index contributed by atoms with van der Waals surface area (Å²) in [6.07, 6.45) is 5.44. The number of nitrogens with one attached hydrogen (secondary N) is 1. The molecule has 2 N–H and O–H groups in total. The summed E-state index contributed by atoms with van der Waals surface area (Å²) in [5, 5.41) is 12.0. The SMILES string of the molecule is CCC(C)N(CC(=O)O)CC(=O)NC1CCCCC1C. The maximum Gasteiger partial charge on any atom is 0.317 e. The molecule has 1 saturated carbocycles. The van der Waals surface area contributed by atoms with E-state index in [-0.39, 0.29) is 31.1 Å². The Labute approximate surface area is 121 Å². The molecule has 116 valence electrons. The molecule has 0 aromatic heterocycles. The smallest absolute Gasteiger partial charge is 0.317 e. The van der Waals surface area contributed by atoms with Crippen LogP contribution >= 0.6 is 0 Å². The minimum absolute atomic E-state index is 0.0506. The Bertz CT molecular complexity index is 333. The van der Waals surface area contributed by atoms with Gasteiger partial charge in [0.25, 0.3) is 0 Å². The monoisotopic (exact) mass is 284 g/mol. The zero-order chi connectivity index (χ0) is 15.1. The van der Waals surface area contributed by atoms with Crippen molar-refractivity contribution in [1.29, 1.82) is 0 Å². The molecular formula is C15H28N2O3. The first kappa shape index (κ1) is 17.0. The largest absolute Gasteiger partial charge is 0.480 e. The summed E-state index contributed by atoms with van der Waals surface area (Å²) in [7, 11) is 0. The highest BCUT2D eigenvalue weighted by atomic mass is 16.4. The van der Waals surface area contributed by atoms with Gasteiger partial charge in [-0.3, -0.25) is 14.5 Å². The third-order valence-electron chi connectivity index (χ3n) is 4.36. The van der Waals surface area contributed by atoms with Gasteiger partial charge in [0.2, 0.25) is 5.91 Å². The van der Waals surface area contributed by atoms with Gasteiger partial charge >= 0.3 is 5.97 Å². The lowest BCUT2D eigenvalue weighted by molar-refractivity contribution is -0.139. The average Bonchev–Trinajstić information content (AvgIpc) is 2.39. The zero-order valence-corrected chi connectivity index (χ0v) is 12.9. The third-order valence-corrected chi connectivity index (χ3v) is 4.36. The standard InChI is InChI=1S/C15H28N2O3/c1-4-12(3)17(10-15(19)20)9-14(18)16-13-8-6-5-7-11(13)2/h11-13H,4-10H2,1-3H3,(H,16,18)(H,19,20). The molecule has 1 rings (SSSR count). The molecule has 1 amide bonds. The van der Waals surface area contributed by atoms with E-state index in [1.54, 1.807) is 4.90 Å². The number of carbonyl (C=O) groups is 2. The van der Waals surface area contributed by atoms with Crippen LogP contribution in [0.5, 0.6) is 0 Å². The molecule has 0 spiro atoms. The Morgan fingerprint density at radius 1 is 1.30 bits per heavy atom. The lowest BCUT2D eigenvalue weighted by atomic mass is 9.86. The topological polar surface area (TPSA) is 69.6 Å². The van der Waals surface area contributed by atoms with E-state index in [9.17, 15) is 9.59 Å². The van der Waals surface area contributed by atoms with Crippen molar-refractivity contribution in [1.82, 2.24) is 10.2 Å². The molecule has 0 bridgehead atoms. The minimum Gasteiger partial charge on any atom is -0.480 e. The molecule has 0 aromatic carbocycles. The van der Waals surface area contributed by atoms with E-state index in [1.165, 1.54) is 12.8 Å². The summed E-state index contributed by atoms with van der Waals surface area (Å²) < 4.78 is 0. The van der Waals surface area contributed by atoms with Gasteiger partial charge in [0, 0.05) is 12.1 Å². The molecule has 0 aliphatic heterocycles. The quantitative estimate of drug-likeness (QED) is 0.749. The van der Waals surface area contributed by atoms with Crippen LogP contribution in [0.15, 0.2) is 0 Å². The summed E-state index contributed by atoms with van der Waals surface area (Å²) in [4.78, 5) is 24.7. The van der Waals surface area contributed by atoms with Crippen LogP contribution in [0.3, 0.4) is 0 Å². The fraction of sp³-hybridized carbons (Fsp3) is 0.867. The second kappa shape index (κ2) is 8.25. The number of amides is 1. The molecule has 0 saturated heterocycles. The van der Waals surface area contributed by atoms with Crippen molar-refractivity contribution in [2.24, 2.45) is 5.92 Å². The molecule has 5 heteroatoms. The number of carbonyl (C=O) groups excluding carboxylic acids is 1. The van der Waals surface area contributed by atoms with Crippen molar-refractivity contribution in [3.63, 3.8) is 0 Å². The van der Waals surface area contributed by atoms with E-state index in [0.717, 1.165) is 19.3 Å². The van der Waals surface area contributed by atoms with Crippen LogP contribution in [-0.2, 0) is 9.59 Å². The van der Waals surface area contributed by atoms with Crippen LogP contribution in [0.2, 0.25) is 0 Å². The Morgan fingerprint density at radius 2 is 1.95 bits per heavy atom. The second-order valence-corrected chi connectivity index (χ2v) is 5.99. The van der Waals surface area contributed by atoms with Crippen molar-refractivity contribution in [3.8, 4) is 0 Å². The van der Waals surface area contributed by atoms with Crippen molar-refractivity contribution < 1.29 is 14.7 Å². The molecule has 1 aliphatic carbocycles. The van der Waals surface area contributed by atoms with Crippen LogP contribution in [0.25, 0.3) is 0 Å². The van der Waals surface area contributed by atoms with Gasteiger partial charge in [-0.1, -0.05) is 26.7 Å². The predicted octanol–water partition coefficient (Wildman–Crippen LogP) is 1.87. The predicted molar refractivity (Wildman–Crippen MR) is 78.5 cm³/mol. The fourth-order valence-corrected chi connectivity index (χ4v) is 2.77. The molecule has 20 heavy (non-hydrogen) atoms. The maximum atomic E-state index is 12.1. The molecule has 0 aromatic rings. The number of carboxylic acids is 1. The lowest BCUT2D eigenvalue weighted by Gasteiger charge is -2.31. The van der Waals surface area contributed by atoms with E-state index in [1.807, 2.05) is 13.8 Å². The first-order valence-corrected chi connectivity index (χ1v) is 7.69. The fourth-order valence-electron chi connectivity index (χ4n) is 2.77. The molecule has 3 unspecified atom stereocenters. The number of nitrogens with zero attached hydrogens (tertiary/aromatic N) is 1. The van der Waals surface area contributed by atoms with Gasteiger partial charge in [-0.2, -0.15) is 0 Å². The normalized spacial score (nSPS) is 24.4. The number of hydrogen-bond acceptors (Lipinski definition) is 3. The number of hydrogen-bond donors (Lipinski definition) is 2. The highest BCUT2D eigenvalue weighted by Crippen LogP contribution is 2.23. The Morgan fingerprint density at radius 3 is 2.50 bits per heavy atom. The molecule has 0 heterocycles. The Hall–Kier alpha value is -1.10. The van der Waals surface area contributed by atoms with Crippen molar-refractivity contribution in [2.45, 2.75) is 65.0 Å². The number of carboxylic acid groups (broad SMARTS) is 1. The highest BCUT2D eigenvalue weighted by Gasteiger charge is 2.25. The summed E-state index contributed by atoms with van der Waals surface area (Å²) in [6, 6.07) is 0.348. The van der Waals surface area contributed by atoms with E-state index in [0.29, 0.717) is 5.92 Å². The lowest BCUT2D eigenvalue weighted by Crippen LogP contribution is -2.48. The molecule has 0 radical (unpaired) electrons. The van der Waals surface area contributed by atoms with Crippen molar-refractivity contribution >= 4 is 11.9 Å². The van der Waals surface area contributed by atoms with E-state index < -0.39 is 5.97 Å². The van der Waals surface area contributed by atoms with Gasteiger partial charge in [-0.05, 0) is 32.1 Å². The van der Waals surface area contributed by atoms with Crippen LogP contribution in [-0.4, -0.2) is 47.1 Å². The van der Waals surface area contributed by atoms with E-state index in [2.05, 4.69) is 12.2 Å².